The Labute approximate surface area is 229 Å². The Bertz CT molecular complexity index is 1200. The number of hydroxylamine groups is 2. The minimum absolute atomic E-state index is 0.0324. The van der Waals surface area contributed by atoms with Crippen molar-refractivity contribution in [1.82, 2.24) is 5.06 Å². The summed E-state index contributed by atoms with van der Waals surface area (Å²) in [5.74, 6) is -0.400. The minimum Gasteiger partial charge on any atom is -0.391 e. The van der Waals surface area contributed by atoms with Gasteiger partial charge in [0.1, 0.15) is 6.61 Å². The van der Waals surface area contributed by atoms with Gasteiger partial charge in [-0.1, -0.05) is 55.8 Å². The van der Waals surface area contributed by atoms with Crippen molar-refractivity contribution in [2.75, 3.05) is 19.7 Å². The van der Waals surface area contributed by atoms with Crippen molar-refractivity contribution in [3.63, 3.8) is 0 Å². The van der Waals surface area contributed by atoms with E-state index in [2.05, 4.69) is 19.1 Å². The molecule has 0 aromatic heterocycles. The lowest BCUT2D eigenvalue weighted by molar-refractivity contribution is -0.249. The van der Waals surface area contributed by atoms with E-state index in [1.165, 1.54) is 5.56 Å². The molecule has 1 heterocycles. The largest absolute Gasteiger partial charge is 0.391 e. The summed E-state index contributed by atoms with van der Waals surface area (Å²) in [5, 5.41) is 23.9. The molecule has 1 aromatic carbocycles. The number of nitrogens with zero attached hydrogens (tertiary/aromatic N) is 1. The summed E-state index contributed by atoms with van der Waals surface area (Å²) in [7, 11) is 0. The number of carbonyl (C=O) groups is 2. The van der Waals surface area contributed by atoms with Crippen LogP contribution >= 0.6 is 11.6 Å². The number of fused-ring (bicyclic) bond motifs is 7. The molecule has 1 saturated heterocycles. The number of hydrogen-bond acceptors (Lipinski definition) is 6. The maximum Gasteiger partial charge on any atom is 0.192 e. The van der Waals surface area contributed by atoms with Gasteiger partial charge in [-0.3, -0.25) is 14.4 Å². The van der Waals surface area contributed by atoms with Crippen molar-refractivity contribution in [2.24, 2.45) is 28.6 Å². The number of aryl methyl sites for hydroxylation is 1. The molecule has 4 aliphatic carbocycles. The fourth-order valence-electron chi connectivity index (χ4n) is 9.18. The molecule has 3 saturated carbocycles. The fraction of sp³-hybridized carbons (Fsp3) is 0.613. The molecule has 7 heteroatoms. The topological polar surface area (TPSA) is 87.1 Å². The molecule has 2 unspecified atom stereocenters. The van der Waals surface area contributed by atoms with Crippen LogP contribution in [0.4, 0.5) is 0 Å². The number of Topliss-reactive ketones (excluding diaryl/α,β-unsaturated/α-hetero) is 1. The van der Waals surface area contributed by atoms with Gasteiger partial charge in [-0.25, -0.2) is 0 Å². The molecular formula is C31H38ClNO5. The highest BCUT2D eigenvalue weighted by Gasteiger charge is 2.77. The third-order valence-electron chi connectivity index (χ3n) is 11.0. The summed E-state index contributed by atoms with van der Waals surface area (Å²) in [5.41, 5.74) is -0.221. The van der Waals surface area contributed by atoms with E-state index in [1.807, 2.05) is 36.3 Å². The van der Waals surface area contributed by atoms with Gasteiger partial charge >= 0.3 is 0 Å². The number of carbonyl (C=O) groups excluding carboxylic acids is 2. The number of hydrogen-bond donors (Lipinski definition) is 2. The van der Waals surface area contributed by atoms with Crippen LogP contribution in [0.2, 0.25) is 0 Å². The van der Waals surface area contributed by atoms with E-state index in [1.54, 1.807) is 12.2 Å². The fourth-order valence-corrected chi connectivity index (χ4v) is 9.71. The number of allylic oxidation sites excluding steroid dienone is 4. The van der Waals surface area contributed by atoms with Crippen LogP contribution in [0.1, 0.15) is 51.5 Å². The van der Waals surface area contributed by atoms with Gasteiger partial charge in [0.15, 0.2) is 17.2 Å². The van der Waals surface area contributed by atoms with Gasteiger partial charge in [0.05, 0.1) is 11.0 Å². The van der Waals surface area contributed by atoms with Crippen LogP contribution in [0.3, 0.4) is 0 Å². The van der Waals surface area contributed by atoms with E-state index >= 15 is 0 Å². The molecule has 8 atom stereocenters. The maximum absolute atomic E-state index is 13.6. The predicted octanol–water partition coefficient (Wildman–Crippen LogP) is 4.03. The molecule has 204 valence electrons. The third kappa shape index (κ3) is 3.40. The van der Waals surface area contributed by atoms with Gasteiger partial charge in [0, 0.05) is 29.8 Å². The first-order valence-corrected chi connectivity index (χ1v) is 14.4. The molecule has 2 N–H and O–H groups in total. The second-order valence-electron chi connectivity index (χ2n) is 12.6. The minimum atomic E-state index is -1.17. The first kappa shape index (κ1) is 26.4. The van der Waals surface area contributed by atoms with Gasteiger partial charge in [0.2, 0.25) is 0 Å². The van der Waals surface area contributed by atoms with Crippen molar-refractivity contribution in [3.8, 4) is 0 Å². The van der Waals surface area contributed by atoms with Crippen molar-refractivity contribution >= 4 is 23.2 Å². The zero-order valence-electron chi connectivity index (χ0n) is 22.2. The SMILES string of the molecule is C[C@]12C=CC(=O)C=C1CCC1C3C[C@H]4CN(CCCc5ccccc5)O[C@@]4(C(=O)CO)[C@@]3(C)C[C@H](O)[C@@]12Cl. The Morgan fingerprint density at radius 3 is 2.71 bits per heavy atom. The first-order valence-electron chi connectivity index (χ1n) is 14.0. The number of aliphatic hydroxyl groups excluding tert-OH is 2. The molecule has 0 amide bonds. The molecule has 1 aromatic rings. The zero-order chi connectivity index (χ0) is 26.9. The Balaban J connectivity index is 1.30. The van der Waals surface area contributed by atoms with E-state index < -0.39 is 34.0 Å². The molecule has 6 rings (SSSR count). The number of ketones is 2. The molecule has 5 aliphatic rings. The van der Waals surface area contributed by atoms with Gasteiger partial charge in [-0.05, 0) is 68.1 Å². The number of rotatable bonds is 6. The van der Waals surface area contributed by atoms with Crippen molar-refractivity contribution < 1.29 is 24.6 Å². The summed E-state index contributed by atoms with van der Waals surface area (Å²) >= 11 is 7.55. The Hall–Kier alpha value is -1.83. The summed E-state index contributed by atoms with van der Waals surface area (Å²) in [6.45, 7) is 4.86. The van der Waals surface area contributed by atoms with E-state index in [4.69, 9.17) is 16.4 Å². The molecule has 0 bridgehead atoms. The Morgan fingerprint density at radius 2 is 1.97 bits per heavy atom. The highest BCUT2D eigenvalue weighted by Crippen LogP contribution is 2.73. The summed E-state index contributed by atoms with van der Waals surface area (Å²) in [6, 6.07) is 10.3. The molecular weight excluding hydrogens is 502 g/mol. The summed E-state index contributed by atoms with van der Waals surface area (Å²) in [6.07, 6.45) is 8.64. The smallest absolute Gasteiger partial charge is 0.192 e. The first-order chi connectivity index (χ1) is 18.1. The molecule has 6 nitrogen and oxygen atoms in total. The molecule has 38 heavy (non-hydrogen) atoms. The van der Waals surface area contributed by atoms with Crippen LogP contribution in [-0.2, 0) is 20.8 Å². The van der Waals surface area contributed by atoms with E-state index in [9.17, 15) is 19.8 Å². The Morgan fingerprint density at radius 1 is 1.21 bits per heavy atom. The highest BCUT2D eigenvalue weighted by molar-refractivity contribution is 6.26. The molecule has 4 fully saturated rings. The standard InChI is InChI=1S/C31H38ClNO5/c1-28-13-12-23(35)15-21(28)10-11-24-25-16-22-18-33(14-6-9-20-7-4-3-5-8-20)38-31(22,27(37)19-34)29(25,2)17-26(36)30(24,28)32/h3-5,7-8,12-13,15,22,24-26,34,36H,6,9-11,14,16-19H2,1-2H3/t22-,24?,25?,26-,28-,29-,30-,31-/m0/s1. The highest BCUT2D eigenvalue weighted by atomic mass is 35.5. The number of benzene rings is 1. The second kappa shape index (κ2) is 9.10. The van der Waals surface area contributed by atoms with E-state index in [0.717, 1.165) is 37.7 Å². The van der Waals surface area contributed by atoms with Crippen LogP contribution < -0.4 is 0 Å². The van der Waals surface area contributed by atoms with Crippen molar-refractivity contribution in [3.05, 3.63) is 59.7 Å². The average molecular weight is 540 g/mol. The van der Waals surface area contributed by atoms with Crippen LogP contribution in [-0.4, -0.2) is 63.1 Å². The van der Waals surface area contributed by atoms with Crippen LogP contribution in [0.25, 0.3) is 0 Å². The van der Waals surface area contributed by atoms with Gasteiger partial charge in [-0.15, -0.1) is 11.6 Å². The quantitative estimate of drug-likeness (QED) is 0.531. The number of halogens is 1. The van der Waals surface area contributed by atoms with E-state index in [0.29, 0.717) is 19.5 Å². The number of alkyl halides is 1. The lowest BCUT2D eigenvalue weighted by Gasteiger charge is -2.64. The maximum atomic E-state index is 13.6. The van der Waals surface area contributed by atoms with Gasteiger partial charge in [-0.2, -0.15) is 5.06 Å². The van der Waals surface area contributed by atoms with Crippen molar-refractivity contribution in [1.29, 1.82) is 0 Å². The van der Waals surface area contributed by atoms with Crippen LogP contribution in [0, 0.1) is 28.6 Å². The van der Waals surface area contributed by atoms with Crippen molar-refractivity contribution in [2.45, 2.75) is 69.0 Å². The lowest BCUT2D eigenvalue weighted by Crippen LogP contribution is -2.69. The van der Waals surface area contributed by atoms with Gasteiger partial charge < -0.3 is 10.2 Å². The van der Waals surface area contributed by atoms with Crippen LogP contribution in [0.15, 0.2) is 54.1 Å². The molecule has 1 aliphatic heterocycles. The molecule has 0 spiro atoms. The van der Waals surface area contributed by atoms with Gasteiger partial charge in [0.25, 0.3) is 0 Å². The normalized spacial score (nSPS) is 43.7. The predicted molar refractivity (Wildman–Crippen MR) is 144 cm³/mol. The molecule has 0 radical (unpaired) electrons. The second-order valence-corrected chi connectivity index (χ2v) is 13.2. The third-order valence-corrected chi connectivity index (χ3v) is 11.9. The summed E-state index contributed by atoms with van der Waals surface area (Å²) in [4.78, 5) is 31.4. The average Bonchev–Trinajstić information content (AvgIpc) is 3.38. The monoisotopic (exact) mass is 539 g/mol. The van der Waals surface area contributed by atoms with E-state index in [-0.39, 0.29) is 29.3 Å². The summed E-state index contributed by atoms with van der Waals surface area (Å²) < 4.78 is 0. The van der Waals surface area contributed by atoms with Crippen LogP contribution in [0.5, 0.6) is 0 Å². The lowest BCUT2D eigenvalue weighted by atomic mass is 9.45. The number of aliphatic hydroxyl groups is 2. The zero-order valence-corrected chi connectivity index (χ0v) is 23.0. The Kier molecular flexibility index (Phi) is 6.32.